The van der Waals surface area contributed by atoms with Gasteiger partial charge in [0.25, 0.3) is 0 Å². The molecule has 0 spiro atoms. The van der Waals surface area contributed by atoms with Crippen LogP contribution < -0.4 is 16.0 Å². The largest absolute Gasteiger partial charge is 0.467 e. The van der Waals surface area contributed by atoms with Gasteiger partial charge in [-0.2, -0.15) is 0 Å². The van der Waals surface area contributed by atoms with Crippen molar-refractivity contribution in [3.63, 3.8) is 0 Å². The van der Waals surface area contributed by atoms with E-state index in [1.807, 2.05) is 6.07 Å². The Morgan fingerprint density at radius 3 is 3.00 bits per heavy atom. The van der Waals surface area contributed by atoms with Gasteiger partial charge in [0.1, 0.15) is 5.76 Å². The van der Waals surface area contributed by atoms with Crippen LogP contribution in [0.4, 0.5) is 0 Å². The number of likely N-dealkylation sites (tertiary alicyclic amines) is 1. The molecule has 1 atom stereocenters. The zero-order valence-electron chi connectivity index (χ0n) is 14.0. The van der Waals surface area contributed by atoms with E-state index in [9.17, 15) is 4.79 Å². The molecular weight excluding hydrogens is 294 g/mol. The first-order valence-electron chi connectivity index (χ1n) is 8.20. The zero-order valence-corrected chi connectivity index (χ0v) is 14.0. The number of rotatable bonds is 7. The van der Waals surface area contributed by atoms with Crippen LogP contribution in [0.3, 0.4) is 0 Å². The molecule has 2 rings (SSSR count). The van der Waals surface area contributed by atoms with Crippen LogP contribution in [-0.2, 0) is 11.3 Å². The van der Waals surface area contributed by atoms with E-state index in [4.69, 9.17) is 4.42 Å². The Hall–Kier alpha value is -2.02. The topological polar surface area (TPSA) is 81.9 Å². The Balaban J connectivity index is 1.65. The van der Waals surface area contributed by atoms with Gasteiger partial charge in [-0.1, -0.05) is 6.92 Å². The van der Waals surface area contributed by atoms with Gasteiger partial charge in [0.05, 0.1) is 19.4 Å². The summed E-state index contributed by atoms with van der Waals surface area (Å²) in [6.45, 7) is 5.86. The standard InChI is InChI=1S/C16H27N5O2/c1-3-21-8-4-6-13(21)10-19-16(17-2)20-12-15(22)18-11-14-7-5-9-23-14/h5,7,9,13H,3-4,6,8,10-12H2,1-2H3,(H,18,22)(H2,17,19,20). The number of amides is 1. The Morgan fingerprint density at radius 1 is 1.43 bits per heavy atom. The second-order valence-corrected chi connectivity index (χ2v) is 5.59. The van der Waals surface area contributed by atoms with E-state index in [-0.39, 0.29) is 12.5 Å². The summed E-state index contributed by atoms with van der Waals surface area (Å²) >= 11 is 0. The highest BCUT2D eigenvalue weighted by Crippen LogP contribution is 2.15. The second kappa shape index (κ2) is 9.19. The molecule has 0 aliphatic carbocycles. The fourth-order valence-corrected chi connectivity index (χ4v) is 2.80. The molecule has 3 N–H and O–H groups in total. The first-order chi connectivity index (χ1) is 11.2. The van der Waals surface area contributed by atoms with E-state index in [1.165, 1.54) is 19.4 Å². The number of hydrogen-bond acceptors (Lipinski definition) is 4. The van der Waals surface area contributed by atoms with Gasteiger partial charge >= 0.3 is 0 Å². The van der Waals surface area contributed by atoms with Crippen molar-refractivity contribution < 1.29 is 9.21 Å². The molecule has 2 heterocycles. The third-order valence-electron chi connectivity index (χ3n) is 4.09. The number of likely N-dealkylation sites (N-methyl/N-ethyl adjacent to an activating group) is 1. The van der Waals surface area contributed by atoms with Crippen molar-refractivity contribution >= 4 is 11.9 Å². The molecule has 0 bridgehead atoms. The summed E-state index contributed by atoms with van der Waals surface area (Å²) in [5.74, 6) is 1.29. The van der Waals surface area contributed by atoms with Gasteiger partial charge < -0.3 is 20.4 Å². The minimum absolute atomic E-state index is 0.0969. The molecule has 23 heavy (non-hydrogen) atoms. The molecule has 1 fully saturated rings. The summed E-state index contributed by atoms with van der Waals surface area (Å²) in [7, 11) is 1.71. The van der Waals surface area contributed by atoms with Gasteiger partial charge in [-0.3, -0.25) is 14.7 Å². The van der Waals surface area contributed by atoms with Crippen LogP contribution in [0.2, 0.25) is 0 Å². The van der Waals surface area contributed by atoms with Crippen molar-refractivity contribution in [1.82, 2.24) is 20.9 Å². The number of hydrogen-bond donors (Lipinski definition) is 3. The maximum absolute atomic E-state index is 11.8. The number of aliphatic imine (C=N–C) groups is 1. The van der Waals surface area contributed by atoms with E-state index in [0.29, 0.717) is 18.5 Å². The van der Waals surface area contributed by atoms with Gasteiger partial charge in [-0.05, 0) is 38.1 Å². The summed E-state index contributed by atoms with van der Waals surface area (Å²) in [5.41, 5.74) is 0. The van der Waals surface area contributed by atoms with Crippen molar-refractivity contribution in [2.75, 3.05) is 33.2 Å². The summed E-state index contributed by atoms with van der Waals surface area (Å²) in [6.07, 6.45) is 4.05. The Bertz CT molecular complexity index is 501. The predicted octanol–water partition coefficient (Wildman–Crippen LogP) is 0.545. The lowest BCUT2D eigenvalue weighted by Crippen LogP contribution is -2.47. The summed E-state index contributed by atoms with van der Waals surface area (Å²) < 4.78 is 5.17. The molecule has 1 unspecified atom stereocenters. The summed E-state index contributed by atoms with van der Waals surface area (Å²) in [5, 5.41) is 9.12. The molecule has 7 heteroatoms. The highest BCUT2D eigenvalue weighted by atomic mass is 16.3. The lowest BCUT2D eigenvalue weighted by molar-refractivity contribution is -0.120. The molecule has 1 aromatic heterocycles. The maximum Gasteiger partial charge on any atom is 0.239 e. The molecule has 0 radical (unpaired) electrons. The highest BCUT2D eigenvalue weighted by Gasteiger charge is 2.22. The average Bonchev–Trinajstić information content (AvgIpc) is 3.24. The van der Waals surface area contributed by atoms with Crippen molar-refractivity contribution in [3.05, 3.63) is 24.2 Å². The second-order valence-electron chi connectivity index (χ2n) is 5.59. The van der Waals surface area contributed by atoms with Gasteiger partial charge in [0.15, 0.2) is 5.96 Å². The average molecular weight is 321 g/mol. The SMILES string of the molecule is CCN1CCCC1CNC(=NC)NCC(=O)NCc1ccco1. The summed E-state index contributed by atoms with van der Waals surface area (Å²) in [4.78, 5) is 18.4. The van der Waals surface area contributed by atoms with Crippen LogP contribution in [0, 0.1) is 0 Å². The van der Waals surface area contributed by atoms with Gasteiger partial charge in [0, 0.05) is 19.6 Å². The van der Waals surface area contributed by atoms with E-state index in [0.717, 1.165) is 18.8 Å². The molecule has 1 aliphatic rings. The third-order valence-corrected chi connectivity index (χ3v) is 4.09. The highest BCUT2D eigenvalue weighted by molar-refractivity contribution is 5.86. The van der Waals surface area contributed by atoms with Crippen molar-refractivity contribution in [2.24, 2.45) is 4.99 Å². The first kappa shape index (κ1) is 17.3. The third kappa shape index (κ3) is 5.59. The fourth-order valence-electron chi connectivity index (χ4n) is 2.80. The summed E-state index contributed by atoms with van der Waals surface area (Å²) in [6, 6.07) is 4.18. The van der Waals surface area contributed by atoms with Crippen LogP contribution in [0.25, 0.3) is 0 Å². The van der Waals surface area contributed by atoms with Crippen LogP contribution in [0.15, 0.2) is 27.8 Å². The van der Waals surface area contributed by atoms with E-state index < -0.39 is 0 Å². The Kier molecular flexibility index (Phi) is 6.93. The normalized spacial score (nSPS) is 18.9. The molecule has 7 nitrogen and oxygen atoms in total. The fraction of sp³-hybridized carbons (Fsp3) is 0.625. The predicted molar refractivity (Wildman–Crippen MR) is 90.2 cm³/mol. The number of carbonyl (C=O) groups excluding carboxylic acids is 1. The molecule has 1 aromatic rings. The number of nitrogens with one attached hydrogen (secondary N) is 3. The minimum atomic E-state index is -0.0969. The van der Waals surface area contributed by atoms with Crippen LogP contribution in [0.1, 0.15) is 25.5 Å². The monoisotopic (exact) mass is 321 g/mol. The Labute approximate surface area is 137 Å². The van der Waals surface area contributed by atoms with Gasteiger partial charge in [-0.15, -0.1) is 0 Å². The molecular formula is C16H27N5O2. The number of nitrogens with zero attached hydrogens (tertiary/aromatic N) is 2. The smallest absolute Gasteiger partial charge is 0.239 e. The Morgan fingerprint density at radius 2 is 2.30 bits per heavy atom. The van der Waals surface area contributed by atoms with Crippen LogP contribution in [-0.4, -0.2) is 56.0 Å². The number of carbonyl (C=O) groups is 1. The molecule has 0 aromatic carbocycles. The maximum atomic E-state index is 11.8. The van der Waals surface area contributed by atoms with E-state index in [1.54, 1.807) is 19.4 Å². The minimum Gasteiger partial charge on any atom is -0.467 e. The molecule has 1 amide bonds. The van der Waals surface area contributed by atoms with Crippen LogP contribution >= 0.6 is 0 Å². The van der Waals surface area contributed by atoms with Crippen molar-refractivity contribution in [1.29, 1.82) is 0 Å². The molecule has 128 valence electrons. The molecule has 0 saturated carbocycles. The van der Waals surface area contributed by atoms with Crippen molar-refractivity contribution in [2.45, 2.75) is 32.4 Å². The van der Waals surface area contributed by atoms with Gasteiger partial charge in [-0.25, -0.2) is 0 Å². The van der Waals surface area contributed by atoms with E-state index >= 15 is 0 Å². The molecule has 1 aliphatic heterocycles. The van der Waals surface area contributed by atoms with Gasteiger partial charge in [0.2, 0.25) is 5.91 Å². The number of guanidine groups is 1. The van der Waals surface area contributed by atoms with E-state index in [2.05, 4.69) is 32.8 Å². The lowest BCUT2D eigenvalue weighted by Gasteiger charge is -2.23. The lowest BCUT2D eigenvalue weighted by atomic mass is 10.2. The van der Waals surface area contributed by atoms with Crippen molar-refractivity contribution in [3.8, 4) is 0 Å². The quantitative estimate of drug-likeness (QED) is 0.504. The number of furan rings is 1. The first-order valence-corrected chi connectivity index (χ1v) is 8.20. The molecule has 1 saturated heterocycles. The zero-order chi connectivity index (χ0) is 16.5. The van der Waals surface area contributed by atoms with Crippen LogP contribution in [0.5, 0.6) is 0 Å².